The third kappa shape index (κ3) is 3.30. The van der Waals surface area contributed by atoms with Crippen LogP contribution in [-0.4, -0.2) is 28.1 Å². The van der Waals surface area contributed by atoms with Crippen LogP contribution < -0.4 is 0 Å². The molecule has 0 aliphatic carbocycles. The molecule has 1 unspecified atom stereocenters. The molecule has 0 radical (unpaired) electrons. The second-order valence-electron chi connectivity index (χ2n) is 6.26. The fourth-order valence-corrected chi connectivity index (χ4v) is 3.19. The molecule has 0 amide bonds. The summed E-state index contributed by atoms with van der Waals surface area (Å²) in [5.41, 5.74) is 1.28. The van der Waals surface area contributed by atoms with E-state index in [1.165, 1.54) is 6.07 Å². The number of aromatic nitrogens is 2. The van der Waals surface area contributed by atoms with Crippen LogP contribution in [0.15, 0.2) is 53.1 Å². The smallest absolute Gasteiger partial charge is 0.231 e. The quantitative estimate of drug-likeness (QED) is 0.719. The predicted molar refractivity (Wildman–Crippen MR) is 88.7 cm³/mol. The van der Waals surface area contributed by atoms with Gasteiger partial charge in [-0.3, -0.25) is 4.90 Å². The second kappa shape index (κ2) is 6.72. The minimum absolute atomic E-state index is 0.113. The molecule has 0 saturated carbocycles. The monoisotopic (exact) mass is 341 g/mol. The van der Waals surface area contributed by atoms with Gasteiger partial charge in [0.25, 0.3) is 0 Å². The second-order valence-corrected chi connectivity index (χ2v) is 6.26. The van der Waals surface area contributed by atoms with Crippen LogP contribution in [-0.2, 0) is 6.54 Å². The topological polar surface area (TPSA) is 42.2 Å². The van der Waals surface area contributed by atoms with E-state index < -0.39 is 11.6 Å². The molecule has 1 saturated heterocycles. The van der Waals surface area contributed by atoms with Gasteiger partial charge in [0.1, 0.15) is 0 Å². The summed E-state index contributed by atoms with van der Waals surface area (Å²) in [6.45, 7) is 1.84. The van der Waals surface area contributed by atoms with E-state index in [1.54, 1.807) is 6.07 Å². The molecule has 4 rings (SSSR count). The molecule has 4 nitrogen and oxygen atoms in total. The third-order valence-corrected chi connectivity index (χ3v) is 4.52. The molecule has 1 atom stereocenters. The average Bonchev–Trinajstić information content (AvgIpc) is 3.29. The van der Waals surface area contributed by atoms with Gasteiger partial charge in [-0.15, -0.1) is 0 Å². The summed E-state index contributed by atoms with van der Waals surface area (Å²) < 4.78 is 32.6. The van der Waals surface area contributed by atoms with Gasteiger partial charge in [0.2, 0.25) is 11.7 Å². The van der Waals surface area contributed by atoms with Crippen LogP contribution in [0.5, 0.6) is 0 Å². The van der Waals surface area contributed by atoms with Crippen LogP contribution in [0.2, 0.25) is 0 Å². The highest BCUT2D eigenvalue weighted by atomic mass is 19.2. The largest absolute Gasteiger partial charge is 0.339 e. The summed E-state index contributed by atoms with van der Waals surface area (Å²) >= 11 is 0. The minimum atomic E-state index is -0.808. The molecular formula is C19H17F2N3O. The van der Waals surface area contributed by atoms with Gasteiger partial charge >= 0.3 is 0 Å². The first kappa shape index (κ1) is 15.9. The summed E-state index contributed by atoms with van der Waals surface area (Å²) in [5.74, 6) is -0.291. The van der Waals surface area contributed by atoms with Crippen molar-refractivity contribution in [3.05, 3.63) is 71.6 Å². The molecule has 128 valence electrons. The van der Waals surface area contributed by atoms with Gasteiger partial charge in [0, 0.05) is 24.2 Å². The number of hydrogen-bond donors (Lipinski definition) is 0. The lowest BCUT2D eigenvalue weighted by Gasteiger charge is -2.15. The van der Waals surface area contributed by atoms with Crippen molar-refractivity contribution in [3.63, 3.8) is 0 Å². The van der Waals surface area contributed by atoms with Crippen molar-refractivity contribution in [3.8, 4) is 11.4 Å². The van der Waals surface area contributed by atoms with E-state index in [4.69, 9.17) is 4.52 Å². The lowest BCUT2D eigenvalue weighted by Crippen LogP contribution is -2.20. The van der Waals surface area contributed by atoms with Crippen molar-refractivity contribution in [2.75, 3.05) is 13.1 Å². The Morgan fingerprint density at radius 2 is 1.92 bits per heavy atom. The standard InChI is InChI=1S/C19H17F2N3O/c20-16-8-4-7-14(17(16)21)11-24-10-9-15(12-24)19-22-18(23-25-19)13-5-2-1-3-6-13/h1-8,15H,9-12H2. The Labute approximate surface area is 144 Å². The summed E-state index contributed by atoms with van der Waals surface area (Å²) in [6.07, 6.45) is 0.855. The molecule has 1 aromatic heterocycles. The van der Waals surface area contributed by atoms with Crippen molar-refractivity contribution >= 4 is 0 Å². The van der Waals surface area contributed by atoms with Crippen LogP contribution in [0.4, 0.5) is 8.78 Å². The first-order valence-corrected chi connectivity index (χ1v) is 8.25. The van der Waals surface area contributed by atoms with Crippen LogP contribution in [0.1, 0.15) is 23.8 Å². The van der Waals surface area contributed by atoms with Crippen LogP contribution in [0.3, 0.4) is 0 Å². The zero-order valence-corrected chi connectivity index (χ0v) is 13.5. The molecule has 3 aromatic rings. The first-order valence-electron chi connectivity index (χ1n) is 8.25. The number of hydrogen-bond acceptors (Lipinski definition) is 4. The normalized spacial score (nSPS) is 17.9. The van der Waals surface area contributed by atoms with Crippen LogP contribution in [0, 0.1) is 11.6 Å². The van der Waals surface area contributed by atoms with Crippen LogP contribution in [0.25, 0.3) is 11.4 Å². The lowest BCUT2D eigenvalue weighted by atomic mass is 10.1. The average molecular weight is 341 g/mol. The predicted octanol–water partition coefficient (Wildman–Crippen LogP) is 4.00. The number of benzene rings is 2. The maximum Gasteiger partial charge on any atom is 0.231 e. The minimum Gasteiger partial charge on any atom is -0.339 e. The van der Waals surface area contributed by atoms with Gasteiger partial charge in [-0.05, 0) is 19.0 Å². The Bertz CT molecular complexity index is 866. The fraction of sp³-hybridized carbons (Fsp3) is 0.263. The van der Waals surface area contributed by atoms with E-state index in [0.29, 0.717) is 30.4 Å². The summed E-state index contributed by atoms with van der Waals surface area (Å²) in [6, 6.07) is 13.9. The SMILES string of the molecule is Fc1cccc(CN2CCC(c3nc(-c4ccccc4)no3)C2)c1F. The Hall–Kier alpha value is -2.60. The fourth-order valence-electron chi connectivity index (χ4n) is 3.19. The Balaban J connectivity index is 1.44. The highest BCUT2D eigenvalue weighted by Gasteiger charge is 2.29. The molecule has 0 N–H and O–H groups in total. The van der Waals surface area contributed by atoms with Crippen LogP contribution >= 0.6 is 0 Å². The highest BCUT2D eigenvalue weighted by molar-refractivity contribution is 5.53. The maximum absolute atomic E-state index is 13.8. The van der Waals surface area contributed by atoms with Gasteiger partial charge < -0.3 is 4.52 Å². The Kier molecular flexibility index (Phi) is 4.28. The summed E-state index contributed by atoms with van der Waals surface area (Å²) in [7, 11) is 0. The first-order chi connectivity index (χ1) is 12.2. The summed E-state index contributed by atoms with van der Waals surface area (Å²) in [5, 5.41) is 4.05. The molecule has 1 aliphatic rings. The van der Waals surface area contributed by atoms with E-state index in [0.717, 1.165) is 24.6 Å². The van der Waals surface area contributed by atoms with E-state index in [2.05, 4.69) is 15.0 Å². The molecule has 25 heavy (non-hydrogen) atoms. The van der Waals surface area contributed by atoms with Gasteiger partial charge in [0.05, 0.1) is 5.92 Å². The number of halogens is 2. The molecule has 1 aliphatic heterocycles. The molecule has 6 heteroatoms. The molecule has 0 bridgehead atoms. The number of nitrogens with zero attached hydrogens (tertiary/aromatic N) is 3. The van der Waals surface area contributed by atoms with E-state index in [-0.39, 0.29) is 5.92 Å². The molecule has 0 spiro atoms. The molecule has 1 fully saturated rings. The highest BCUT2D eigenvalue weighted by Crippen LogP contribution is 2.29. The zero-order chi connectivity index (χ0) is 17.2. The molecular weight excluding hydrogens is 324 g/mol. The molecule has 2 heterocycles. The van der Waals surface area contributed by atoms with E-state index in [1.807, 2.05) is 30.3 Å². The third-order valence-electron chi connectivity index (χ3n) is 4.52. The van der Waals surface area contributed by atoms with E-state index >= 15 is 0 Å². The van der Waals surface area contributed by atoms with Crippen molar-refractivity contribution in [2.45, 2.75) is 18.9 Å². The lowest BCUT2D eigenvalue weighted by molar-refractivity contribution is 0.303. The van der Waals surface area contributed by atoms with Crippen molar-refractivity contribution in [1.29, 1.82) is 0 Å². The Morgan fingerprint density at radius 3 is 2.76 bits per heavy atom. The van der Waals surface area contributed by atoms with Crippen molar-refractivity contribution in [1.82, 2.24) is 15.0 Å². The zero-order valence-electron chi connectivity index (χ0n) is 13.5. The van der Waals surface area contributed by atoms with Gasteiger partial charge in [0.15, 0.2) is 11.6 Å². The van der Waals surface area contributed by atoms with E-state index in [9.17, 15) is 8.78 Å². The van der Waals surface area contributed by atoms with Gasteiger partial charge in [-0.2, -0.15) is 4.98 Å². The number of likely N-dealkylation sites (tertiary alicyclic amines) is 1. The maximum atomic E-state index is 13.8. The van der Waals surface area contributed by atoms with Crippen molar-refractivity contribution in [2.24, 2.45) is 0 Å². The summed E-state index contributed by atoms with van der Waals surface area (Å²) in [4.78, 5) is 6.58. The number of rotatable bonds is 4. The molecule has 2 aromatic carbocycles. The van der Waals surface area contributed by atoms with Gasteiger partial charge in [-0.1, -0.05) is 47.6 Å². The van der Waals surface area contributed by atoms with Gasteiger partial charge in [-0.25, -0.2) is 8.78 Å². The van der Waals surface area contributed by atoms with Crippen molar-refractivity contribution < 1.29 is 13.3 Å². The Morgan fingerprint density at radius 1 is 1.08 bits per heavy atom.